The predicted molar refractivity (Wildman–Crippen MR) is 49.5 cm³/mol. The van der Waals surface area contributed by atoms with Gasteiger partial charge in [0.2, 0.25) is 0 Å². The van der Waals surface area contributed by atoms with E-state index in [-0.39, 0.29) is 5.54 Å². The van der Waals surface area contributed by atoms with E-state index in [0.29, 0.717) is 5.88 Å². The van der Waals surface area contributed by atoms with E-state index in [1.54, 1.807) is 0 Å². The van der Waals surface area contributed by atoms with Gasteiger partial charge in [-0.3, -0.25) is 0 Å². The van der Waals surface area contributed by atoms with Crippen molar-refractivity contribution in [2.75, 3.05) is 0 Å². The minimum atomic E-state index is 0.174. The van der Waals surface area contributed by atoms with Crippen LogP contribution in [0, 0.1) is 0 Å². The van der Waals surface area contributed by atoms with Crippen molar-refractivity contribution < 1.29 is 0 Å². The maximum atomic E-state index is 5.75. The summed E-state index contributed by atoms with van der Waals surface area (Å²) in [7, 11) is 0. The molecule has 0 amide bonds. The Morgan fingerprint density at radius 1 is 1.54 bits per heavy atom. The molecule has 2 rings (SSSR count). The molecule has 0 aliphatic heterocycles. The number of alkyl halides is 1. The van der Waals surface area contributed by atoms with Gasteiger partial charge in [0.25, 0.3) is 0 Å². The molecule has 0 aromatic carbocycles. The lowest BCUT2D eigenvalue weighted by atomic mass is 9.75. The summed E-state index contributed by atoms with van der Waals surface area (Å²) in [5.41, 5.74) is 0.174. The van der Waals surface area contributed by atoms with Crippen molar-refractivity contribution in [1.29, 1.82) is 0 Å². The van der Waals surface area contributed by atoms with E-state index < -0.39 is 0 Å². The Morgan fingerprint density at radius 2 is 2.31 bits per heavy atom. The molecule has 1 aromatic heterocycles. The van der Waals surface area contributed by atoms with Crippen molar-refractivity contribution in [3.63, 3.8) is 0 Å². The van der Waals surface area contributed by atoms with E-state index in [1.807, 2.05) is 4.68 Å². The Morgan fingerprint density at radius 3 is 2.77 bits per heavy atom. The lowest BCUT2D eigenvalue weighted by Gasteiger charge is -2.41. The molecule has 4 nitrogen and oxygen atoms in total. The summed E-state index contributed by atoms with van der Waals surface area (Å²) < 4.78 is 1.92. The molecule has 1 aliphatic carbocycles. The van der Waals surface area contributed by atoms with Gasteiger partial charge in [0.15, 0.2) is 5.82 Å². The van der Waals surface area contributed by atoms with Gasteiger partial charge in [-0.15, -0.1) is 16.7 Å². The molecule has 1 saturated carbocycles. The molecule has 0 N–H and O–H groups in total. The van der Waals surface area contributed by atoms with Crippen LogP contribution in [0.15, 0.2) is 0 Å². The fraction of sp³-hybridized carbons (Fsp3) is 0.875. The van der Waals surface area contributed by atoms with Crippen molar-refractivity contribution in [3.05, 3.63) is 5.82 Å². The summed E-state index contributed by atoms with van der Waals surface area (Å²) in [4.78, 5) is 0. The molecule has 1 heterocycles. The first-order valence-corrected chi connectivity index (χ1v) is 5.19. The Hall–Kier alpha value is -0.640. The summed E-state index contributed by atoms with van der Waals surface area (Å²) in [5.74, 6) is 1.19. The Labute approximate surface area is 82.3 Å². The first kappa shape index (κ1) is 8.94. The van der Waals surface area contributed by atoms with E-state index in [9.17, 15) is 0 Å². The van der Waals surface area contributed by atoms with Crippen LogP contribution in [0.25, 0.3) is 0 Å². The van der Waals surface area contributed by atoms with Crippen LogP contribution >= 0.6 is 11.6 Å². The third-order valence-electron chi connectivity index (χ3n) is 3.05. The standard InChI is InChI=1S/C8H13ClN4/c1-2-8(4-3-5-8)13-7(6-9)10-11-12-13/h2-6H2,1H3. The van der Waals surface area contributed by atoms with Crippen molar-refractivity contribution in [2.45, 2.75) is 44.0 Å². The zero-order chi connectivity index (χ0) is 9.31. The van der Waals surface area contributed by atoms with Gasteiger partial charge in [-0.25, -0.2) is 4.68 Å². The van der Waals surface area contributed by atoms with Crippen LogP contribution in [-0.2, 0) is 11.4 Å². The van der Waals surface area contributed by atoms with E-state index in [4.69, 9.17) is 11.6 Å². The lowest BCUT2D eigenvalue weighted by molar-refractivity contribution is 0.112. The van der Waals surface area contributed by atoms with E-state index >= 15 is 0 Å². The predicted octanol–water partition coefficient (Wildman–Crippen LogP) is 1.70. The van der Waals surface area contributed by atoms with Crippen molar-refractivity contribution in [1.82, 2.24) is 20.2 Å². The molecule has 1 aliphatic rings. The molecule has 1 fully saturated rings. The molecule has 0 bridgehead atoms. The molecule has 0 spiro atoms. The topological polar surface area (TPSA) is 43.6 Å². The van der Waals surface area contributed by atoms with E-state index in [2.05, 4.69) is 22.4 Å². The van der Waals surface area contributed by atoms with Gasteiger partial charge in [0.1, 0.15) is 0 Å². The monoisotopic (exact) mass is 200 g/mol. The maximum absolute atomic E-state index is 5.75. The molecular weight excluding hydrogens is 188 g/mol. The fourth-order valence-corrected chi connectivity index (χ4v) is 2.12. The zero-order valence-electron chi connectivity index (χ0n) is 7.70. The SMILES string of the molecule is CCC1(n2nnnc2CCl)CCC1. The largest absolute Gasteiger partial charge is 0.222 e. The van der Waals surface area contributed by atoms with Crippen LogP contribution < -0.4 is 0 Å². The summed E-state index contributed by atoms with van der Waals surface area (Å²) >= 11 is 5.75. The zero-order valence-corrected chi connectivity index (χ0v) is 8.46. The second kappa shape index (κ2) is 3.25. The van der Waals surface area contributed by atoms with Gasteiger partial charge in [-0.05, 0) is 36.1 Å². The third kappa shape index (κ3) is 1.24. The van der Waals surface area contributed by atoms with Gasteiger partial charge in [0, 0.05) is 0 Å². The summed E-state index contributed by atoms with van der Waals surface area (Å²) in [5, 5.41) is 11.6. The van der Waals surface area contributed by atoms with E-state index in [1.165, 1.54) is 19.3 Å². The molecule has 72 valence electrons. The highest BCUT2D eigenvalue weighted by Crippen LogP contribution is 2.41. The molecule has 1 aromatic rings. The van der Waals surface area contributed by atoms with Crippen LogP contribution in [0.1, 0.15) is 38.4 Å². The second-order valence-electron chi connectivity index (χ2n) is 3.57. The first-order chi connectivity index (χ1) is 6.32. The quantitative estimate of drug-likeness (QED) is 0.698. The Kier molecular flexibility index (Phi) is 2.24. The van der Waals surface area contributed by atoms with Crippen LogP contribution in [0.5, 0.6) is 0 Å². The van der Waals surface area contributed by atoms with Crippen LogP contribution in [0.3, 0.4) is 0 Å². The minimum Gasteiger partial charge on any atom is -0.222 e. The van der Waals surface area contributed by atoms with Crippen LogP contribution in [0.4, 0.5) is 0 Å². The van der Waals surface area contributed by atoms with Crippen molar-refractivity contribution in [3.8, 4) is 0 Å². The molecule has 0 radical (unpaired) electrons. The Balaban J connectivity index is 2.32. The lowest BCUT2D eigenvalue weighted by Crippen LogP contribution is -2.41. The molecule has 13 heavy (non-hydrogen) atoms. The highest BCUT2D eigenvalue weighted by molar-refractivity contribution is 6.16. The first-order valence-electron chi connectivity index (χ1n) is 4.66. The van der Waals surface area contributed by atoms with Gasteiger partial charge in [0.05, 0.1) is 11.4 Å². The number of hydrogen-bond donors (Lipinski definition) is 0. The molecular formula is C8H13ClN4. The van der Waals surface area contributed by atoms with Gasteiger partial charge in [-0.1, -0.05) is 6.92 Å². The number of nitrogens with zero attached hydrogens (tertiary/aromatic N) is 4. The van der Waals surface area contributed by atoms with Crippen molar-refractivity contribution in [2.24, 2.45) is 0 Å². The fourth-order valence-electron chi connectivity index (χ4n) is 1.96. The normalized spacial score (nSPS) is 19.8. The van der Waals surface area contributed by atoms with Gasteiger partial charge < -0.3 is 0 Å². The molecule has 0 unspecified atom stereocenters. The van der Waals surface area contributed by atoms with Crippen LogP contribution in [-0.4, -0.2) is 20.2 Å². The second-order valence-corrected chi connectivity index (χ2v) is 3.84. The van der Waals surface area contributed by atoms with Crippen molar-refractivity contribution >= 4 is 11.6 Å². The highest BCUT2D eigenvalue weighted by Gasteiger charge is 2.39. The van der Waals surface area contributed by atoms with Crippen LogP contribution in [0.2, 0.25) is 0 Å². The average molecular weight is 201 g/mol. The molecule has 0 saturated heterocycles. The Bertz CT molecular complexity index is 287. The molecule has 5 heteroatoms. The molecule has 0 atom stereocenters. The number of tetrazole rings is 1. The maximum Gasteiger partial charge on any atom is 0.166 e. The number of hydrogen-bond acceptors (Lipinski definition) is 3. The van der Waals surface area contributed by atoms with Gasteiger partial charge in [-0.2, -0.15) is 0 Å². The smallest absolute Gasteiger partial charge is 0.166 e. The number of rotatable bonds is 3. The average Bonchev–Trinajstić information content (AvgIpc) is 2.52. The van der Waals surface area contributed by atoms with E-state index in [0.717, 1.165) is 12.2 Å². The minimum absolute atomic E-state index is 0.174. The number of halogens is 1. The summed E-state index contributed by atoms with van der Waals surface area (Å²) in [6.07, 6.45) is 4.72. The van der Waals surface area contributed by atoms with Gasteiger partial charge >= 0.3 is 0 Å². The summed E-state index contributed by atoms with van der Waals surface area (Å²) in [6, 6.07) is 0. The third-order valence-corrected chi connectivity index (χ3v) is 3.28. The summed E-state index contributed by atoms with van der Waals surface area (Å²) in [6.45, 7) is 2.18. The number of aromatic nitrogens is 4. The highest BCUT2D eigenvalue weighted by atomic mass is 35.5.